The number of thiophene rings is 2. The maximum atomic E-state index is 11.8. The summed E-state index contributed by atoms with van der Waals surface area (Å²) in [5.41, 5.74) is 7.43. The molecule has 2 aromatic rings. The Morgan fingerprint density at radius 2 is 2.12 bits per heavy atom. The van der Waals surface area contributed by atoms with Gasteiger partial charge in [-0.3, -0.25) is 4.79 Å². The van der Waals surface area contributed by atoms with Crippen molar-refractivity contribution in [3.63, 3.8) is 0 Å². The van der Waals surface area contributed by atoms with Gasteiger partial charge in [0.25, 0.3) is 5.91 Å². The molecular formula is C11H12N2OS2. The van der Waals surface area contributed by atoms with Crippen molar-refractivity contribution in [2.75, 3.05) is 5.73 Å². The third-order valence-corrected chi connectivity index (χ3v) is 4.23. The van der Waals surface area contributed by atoms with Crippen molar-refractivity contribution in [1.29, 1.82) is 0 Å². The second kappa shape index (κ2) is 4.67. The SMILES string of the molecule is Cc1ccsc1CNC(=O)c1sccc1N. The molecule has 0 bridgehead atoms. The fourth-order valence-corrected chi connectivity index (χ4v) is 2.91. The molecule has 0 aliphatic rings. The Balaban J connectivity index is 1.99. The second-order valence-electron chi connectivity index (χ2n) is 3.41. The van der Waals surface area contributed by atoms with Gasteiger partial charge >= 0.3 is 0 Å². The highest BCUT2D eigenvalue weighted by atomic mass is 32.1. The van der Waals surface area contributed by atoms with E-state index >= 15 is 0 Å². The first-order chi connectivity index (χ1) is 7.68. The van der Waals surface area contributed by atoms with Crippen LogP contribution in [0, 0.1) is 6.92 Å². The van der Waals surface area contributed by atoms with Gasteiger partial charge < -0.3 is 11.1 Å². The van der Waals surface area contributed by atoms with Crippen molar-refractivity contribution in [1.82, 2.24) is 5.32 Å². The zero-order valence-corrected chi connectivity index (χ0v) is 10.5. The lowest BCUT2D eigenvalue weighted by atomic mass is 10.3. The Kier molecular flexibility index (Phi) is 3.26. The molecule has 5 heteroatoms. The summed E-state index contributed by atoms with van der Waals surface area (Å²) >= 11 is 3.02. The molecule has 84 valence electrons. The number of hydrogen-bond donors (Lipinski definition) is 2. The number of nitrogens with one attached hydrogen (secondary N) is 1. The zero-order valence-electron chi connectivity index (χ0n) is 8.82. The summed E-state index contributed by atoms with van der Waals surface area (Å²) in [7, 11) is 0. The quantitative estimate of drug-likeness (QED) is 0.882. The number of nitrogens with two attached hydrogens (primary N) is 1. The van der Waals surface area contributed by atoms with Crippen molar-refractivity contribution in [2.24, 2.45) is 0 Å². The summed E-state index contributed by atoms with van der Waals surface area (Å²) in [6.07, 6.45) is 0. The molecule has 0 unspecified atom stereocenters. The van der Waals surface area contributed by atoms with Crippen molar-refractivity contribution in [3.8, 4) is 0 Å². The van der Waals surface area contributed by atoms with Gasteiger partial charge in [-0.1, -0.05) is 0 Å². The van der Waals surface area contributed by atoms with Crippen LogP contribution in [0.5, 0.6) is 0 Å². The molecule has 0 atom stereocenters. The van der Waals surface area contributed by atoms with Gasteiger partial charge in [0, 0.05) is 4.88 Å². The Morgan fingerprint density at radius 1 is 1.38 bits per heavy atom. The monoisotopic (exact) mass is 252 g/mol. The maximum Gasteiger partial charge on any atom is 0.263 e. The molecular weight excluding hydrogens is 240 g/mol. The summed E-state index contributed by atoms with van der Waals surface area (Å²) < 4.78 is 0. The van der Waals surface area contributed by atoms with Gasteiger partial charge in [-0.05, 0) is 35.4 Å². The van der Waals surface area contributed by atoms with Crippen LogP contribution < -0.4 is 11.1 Å². The molecule has 0 radical (unpaired) electrons. The minimum Gasteiger partial charge on any atom is -0.397 e. The summed E-state index contributed by atoms with van der Waals surface area (Å²) in [4.78, 5) is 13.5. The standard InChI is InChI=1S/C11H12N2OS2/c1-7-2-4-15-9(7)6-13-11(14)10-8(12)3-5-16-10/h2-5H,6,12H2,1H3,(H,13,14). The summed E-state index contributed by atoms with van der Waals surface area (Å²) in [6, 6.07) is 3.79. The van der Waals surface area contributed by atoms with Crippen LogP contribution in [0.4, 0.5) is 5.69 Å². The number of carbonyl (C=O) groups excluding carboxylic acids is 1. The Hall–Kier alpha value is -1.33. The van der Waals surface area contributed by atoms with Gasteiger partial charge in [-0.2, -0.15) is 0 Å². The van der Waals surface area contributed by atoms with Gasteiger partial charge in [0.15, 0.2) is 0 Å². The molecule has 16 heavy (non-hydrogen) atoms. The molecule has 0 aliphatic carbocycles. The first-order valence-electron chi connectivity index (χ1n) is 4.82. The van der Waals surface area contributed by atoms with Gasteiger partial charge in [-0.25, -0.2) is 0 Å². The lowest BCUT2D eigenvalue weighted by molar-refractivity contribution is 0.0956. The van der Waals surface area contributed by atoms with Gasteiger partial charge in [0.05, 0.1) is 12.2 Å². The van der Waals surface area contributed by atoms with Crippen LogP contribution in [0.15, 0.2) is 22.9 Å². The molecule has 0 aliphatic heterocycles. The topological polar surface area (TPSA) is 55.1 Å². The van der Waals surface area contributed by atoms with Gasteiger partial charge in [0.2, 0.25) is 0 Å². The first-order valence-corrected chi connectivity index (χ1v) is 6.58. The van der Waals surface area contributed by atoms with Gasteiger partial charge in [0.1, 0.15) is 4.88 Å². The van der Waals surface area contributed by atoms with Crippen LogP contribution >= 0.6 is 22.7 Å². The van der Waals surface area contributed by atoms with Crippen molar-refractivity contribution < 1.29 is 4.79 Å². The molecule has 0 spiro atoms. The Morgan fingerprint density at radius 3 is 2.69 bits per heavy atom. The lowest BCUT2D eigenvalue weighted by Gasteiger charge is -2.03. The van der Waals surface area contributed by atoms with Crippen molar-refractivity contribution in [2.45, 2.75) is 13.5 Å². The number of nitrogen functional groups attached to an aromatic ring is 1. The summed E-state index contributed by atoms with van der Waals surface area (Å²) in [6.45, 7) is 2.61. The summed E-state index contributed by atoms with van der Waals surface area (Å²) in [5, 5.41) is 6.72. The molecule has 0 saturated carbocycles. The number of hydrogen-bond acceptors (Lipinski definition) is 4. The third kappa shape index (κ3) is 2.25. The van der Waals surface area contributed by atoms with Crippen LogP contribution in [0.25, 0.3) is 0 Å². The molecule has 3 N–H and O–H groups in total. The highest BCUT2D eigenvalue weighted by molar-refractivity contribution is 7.12. The average molecular weight is 252 g/mol. The minimum absolute atomic E-state index is 0.0969. The maximum absolute atomic E-state index is 11.8. The predicted octanol–water partition coefficient (Wildman–Crippen LogP) is 2.63. The van der Waals surface area contributed by atoms with E-state index in [1.54, 1.807) is 17.4 Å². The third-order valence-electron chi connectivity index (χ3n) is 2.28. The normalized spacial score (nSPS) is 10.3. The van der Waals surface area contributed by atoms with Crippen LogP contribution in [0.3, 0.4) is 0 Å². The smallest absolute Gasteiger partial charge is 0.263 e. The van der Waals surface area contributed by atoms with E-state index in [-0.39, 0.29) is 5.91 Å². The van der Waals surface area contributed by atoms with E-state index in [1.165, 1.54) is 21.8 Å². The van der Waals surface area contributed by atoms with E-state index in [1.807, 2.05) is 23.8 Å². The zero-order chi connectivity index (χ0) is 11.5. The van der Waals surface area contributed by atoms with Crippen LogP contribution in [0.1, 0.15) is 20.1 Å². The predicted molar refractivity (Wildman–Crippen MR) is 69.0 cm³/mol. The fraction of sp³-hybridized carbons (Fsp3) is 0.182. The number of rotatable bonds is 3. The lowest BCUT2D eigenvalue weighted by Crippen LogP contribution is -2.22. The second-order valence-corrected chi connectivity index (χ2v) is 5.33. The van der Waals surface area contributed by atoms with Crippen LogP contribution in [-0.4, -0.2) is 5.91 Å². The molecule has 2 rings (SSSR count). The first kappa shape index (κ1) is 11.2. The number of anilines is 1. The van der Waals surface area contributed by atoms with Crippen molar-refractivity contribution in [3.05, 3.63) is 38.2 Å². The number of carbonyl (C=O) groups is 1. The van der Waals surface area contributed by atoms with E-state index < -0.39 is 0 Å². The minimum atomic E-state index is -0.0969. The molecule has 2 heterocycles. The largest absolute Gasteiger partial charge is 0.397 e. The number of amides is 1. The highest BCUT2D eigenvalue weighted by Crippen LogP contribution is 2.19. The van der Waals surface area contributed by atoms with Crippen LogP contribution in [0.2, 0.25) is 0 Å². The molecule has 1 amide bonds. The summed E-state index contributed by atoms with van der Waals surface area (Å²) in [5.74, 6) is -0.0969. The van der Waals surface area contributed by atoms with E-state index in [9.17, 15) is 4.79 Å². The van der Waals surface area contributed by atoms with E-state index in [2.05, 4.69) is 5.32 Å². The van der Waals surface area contributed by atoms with Crippen LogP contribution in [-0.2, 0) is 6.54 Å². The highest BCUT2D eigenvalue weighted by Gasteiger charge is 2.11. The van der Waals surface area contributed by atoms with E-state index in [0.717, 1.165) is 0 Å². The average Bonchev–Trinajstić information content (AvgIpc) is 2.84. The Labute approximate surface area is 102 Å². The molecule has 0 saturated heterocycles. The van der Waals surface area contributed by atoms with Crippen molar-refractivity contribution >= 4 is 34.3 Å². The molecule has 0 aromatic carbocycles. The molecule has 2 aromatic heterocycles. The Bertz CT molecular complexity index is 502. The fourth-order valence-electron chi connectivity index (χ4n) is 1.33. The van der Waals surface area contributed by atoms with Gasteiger partial charge in [-0.15, -0.1) is 22.7 Å². The number of aryl methyl sites for hydroxylation is 1. The molecule has 0 fully saturated rings. The van der Waals surface area contributed by atoms with E-state index in [0.29, 0.717) is 17.1 Å². The van der Waals surface area contributed by atoms with E-state index in [4.69, 9.17) is 5.73 Å². The molecule has 3 nitrogen and oxygen atoms in total.